The number of pyridine rings is 1. The summed E-state index contributed by atoms with van der Waals surface area (Å²) in [6.45, 7) is 0.452. The lowest BCUT2D eigenvalue weighted by Gasteiger charge is -2.19. The van der Waals surface area contributed by atoms with Gasteiger partial charge in [-0.2, -0.15) is 8.42 Å². The summed E-state index contributed by atoms with van der Waals surface area (Å²) in [5.41, 5.74) is 2.10. The minimum Gasteiger partial charge on any atom is -0.334 e. The van der Waals surface area contributed by atoms with E-state index >= 15 is 0 Å². The lowest BCUT2D eigenvalue weighted by atomic mass is 10.1. The number of hydrogen-bond donors (Lipinski definition) is 5. The van der Waals surface area contributed by atoms with E-state index in [0.717, 1.165) is 10.9 Å². The van der Waals surface area contributed by atoms with Gasteiger partial charge in [0.05, 0.1) is 11.2 Å². The Morgan fingerprint density at radius 2 is 1.74 bits per heavy atom. The van der Waals surface area contributed by atoms with E-state index in [1.54, 1.807) is 12.3 Å². The molecule has 0 saturated heterocycles. The molecule has 0 radical (unpaired) electrons. The molecule has 0 aliphatic carbocycles. The highest BCUT2D eigenvalue weighted by Gasteiger charge is 2.21. The highest BCUT2D eigenvalue weighted by molar-refractivity contribution is 7.87. The lowest BCUT2D eigenvalue weighted by molar-refractivity contribution is -0.118. The van der Waals surface area contributed by atoms with Crippen LogP contribution in [0.1, 0.15) is 24.8 Å². The Kier molecular flexibility index (Phi) is 8.91. The number of anilines is 1. The van der Waals surface area contributed by atoms with Gasteiger partial charge in [-0.05, 0) is 37.0 Å². The van der Waals surface area contributed by atoms with Gasteiger partial charge in [0.25, 0.3) is 10.2 Å². The zero-order valence-corrected chi connectivity index (χ0v) is 19.3. The second-order valence-corrected chi connectivity index (χ2v) is 9.05. The maximum absolute atomic E-state index is 13.1. The van der Waals surface area contributed by atoms with Gasteiger partial charge in [0.2, 0.25) is 5.91 Å². The standard InChI is InChI=1S/C23H28N6O4S/c24-34(32,33)27-15-5-4-12-20(29-23(31)26-16-17-8-2-1-3-9-17)22(30)28-19-13-6-10-18-11-7-14-25-21(18)19/h1-3,6-11,13-14,20,27H,4-5,12,15-16H2,(H,28,30)(H2,24,32,33)(H2,26,29,31). The van der Waals surface area contributed by atoms with Crippen molar-refractivity contribution in [2.45, 2.75) is 31.8 Å². The molecule has 0 saturated carbocycles. The summed E-state index contributed by atoms with van der Waals surface area (Å²) < 4.78 is 24.2. The Morgan fingerprint density at radius 3 is 2.50 bits per heavy atom. The first kappa shape index (κ1) is 25.1. The van der Waals surface area contributed by atoms with E-state index in [2.05, 4.69) is 25.7 Å². The highest BCUT2D eigenvalue weighted by Crippen LogP contribution is 2.21. The fourth-order valence-corrected chi connectivity index (χ4v) is 3.80. The summed E-state index contributed by atoms with van der Waals surface area (Å²) in [6, 6.07) is 17.2. The number of benzene rings is 2. The number of fused-ring (bicyclic) bond motifs is 1. The second kappa shape index (κ2) is 12.1. The number of nitrogens with one attached hydrogen (secondary N) is 4. The number of carbonyl (C=O) groups is 2. The first-order chi connectivity index (χ1) is 16.3. The Labute approximate surface area is 198 Å². The molecule has 1 unspecified atom stereocenters. The lowest BCUT2D eigenvalue weighted by Crippen LogP contribution is -2.47. The largest absolute Gasteiger partial charge is 0.334 e. The molecule has 3 rings (SSSR count). The van der Waals surface area contributed by atoms with Crippen LogP contribution in [0.3, 0.4) is 0 Å². The topological polar surface area (TPSA) is 155 Å². The minimum absolute atomic E-state index is 0.140. The first-order valence-electron chi connectivity index (χ1n) is 10.8. The average Bonchev–Trinajstić information content (AvgIpc) is 2.82. The van der Waals surface area contributed by atoms with E-state index in [-0.39, 0.29) is 6.54 Å². The van der Waals surface area contributed by atoms with Gasteiger partial charge in [-0.15, -0.1) is 0 Å². The molecule has 0 aliphatic rings. The quantitative estimate of drug-likeness (QED) is 0.263. The average molecular weight is 485 g/mol. The van der Waals surface area contributed by atoms with Crippen molar-refractivity contribution in [3.8, 4) is 0 Å². The summed E-state index contributed by atoms with van der Waals surface area (Å²) in [6.07, 6.45) is 2.87. The van der Waals surface area contributed by atoms with Crippen LogP contribution in [0.15, 0.2) is 66.9 Å². The van der Waals surface area contributed by atoms with Crippen molar-refractivity contribution in [1.82, 2.24) is 20.3 Å². The van der Waals surface area contributed by atoms with Crippen molar-refractivity contribution in [2.24, 2.45) is 5.14 Å². The number of nitrogens with zero attached hydrogens (tertiary/aromatic N) is 1. The van der Waals surface area contributed by atoms with Crippen LogP contribution in [-0.2, 0) is 21.5 Å². The SMILES string of the molecule is NS(=O)(=O)NCCCCC(NC(=O)NCc1ccccc1)C(=O)Nc1cccc2cccnc12. The third-order valence-corrected chi connectivity index (χ3v) is 5.64. The van der Waals surface area contributed by atoms with Crippen molar-refractivity contribution >= 4 is 38.7 Å². The van der Waals surface area contributed by atoms with Crippen molar-refractivity contribution < 1.29 is 18.0 Å². The van der Waals surface area contributed by atoms with E-state index in [9.17, 15) is 18.0 Å². The number of carbonyl (C=O) groups excluding carboxylic acids is 2. The molecule has 1 atom stereocenters. The zero-order chi connectivity index (χ0) is 24.4. The molecular formula is C23H28N6O4S. The molecule has 0 spiro atoms. The van der Waals surface area contributed by atoms with Crippen LogP contribution >= 0.6 is 0 Å². The van der Waals surface area contributed by atoms with Crippen molar-refractivity contribution in [1.29, 1.82) is 0 Å². The highest BCUT2D eigenvalue weighted by atomic mass is 32.2. The van der Waals surface area contributed by atoms with Gasteiger partial charge in [0.1, 0.15) is 6.04 Å². The molecule has 0 aliphatic heterocycles. The third kappa shape index (κ3) is 8.10. The molecule has 0 fully saturated rings. The van der Waals surface area contributed by atoms with Crippen LogP contribution in [0.5, 0.6) is 0 Å². The Hall–Kier alpha value is -3.54. The van der Waals surface area contributed by atoms with Gasteiger partial charge in [-0.3, -0.25) is 9.78 Å². The summed E-state index contributed by atoms with van der Waals surface area (Å²) in [5, 5.41) is 14.1. The zero-order valence-electron chi connectivity index (χ0n) is 18.5. The van der Waals surface area contributed by atoms with E-state index in [1.165, 1.54) is 0 Å². The van der Waals surface area contributed by atoms with Crippen LogP contribution in [0, 0.1) is 0 Å². The molecule has 1 heterocycles. The van der Waals surface area contributed by atoms with Crippen LogP contribution in [0.25, 0.3) is 10.9 Å². The van der Waals surface area contributed by atoms with Crippen LogP contribution in [-0.4, -0.2) is 37.9 Å². The van der Waals surface area contributed by atoms with Gasteiger partial charge < -0.3 is 16.0 Å². The number of nitrogens with two attached hydrogens (primary N) is 1. The van der Waals surface area contributed by atoms with Gasteiger partial charge >= 0.3 is 6.03 Å². The Bertz CT molecular complexity index is 1220. The van der Waals surface area contributed by atoms with Gasteiger partial charge in [0.15, 0.2) is 0 Å². The predicted octanol–water partition coefficient (Wildman–Crippen LogP) is 2.00. The first-order valence-corrected chi connectivity index (χ1v) is 12.4. The Balaban J connectivity index is 1.64. The number of urea groups is 1. The summed E-state index contributed by atoms with van der Waals surface area (Å²) in [4.78, 5) is 29.9. The fourth-order valence-electron chi connectivity index (χ4n) is 3.37. The van der Waals surface area contributed by atoms with Crippen molar-refractivity contribution in [3.05, 3.63) is 72.4 Å². The van der Waals surface area contributed by atoms with E-state index in [1.807, 2.05) is 54.6 Å². The van der Waals surface area contributed by atoms with E-state index in [4.69, 9.17) is 5.14 Å². The maximum atomic E-state index is 13.1. The van der Waals surface area contributed by atoms with Crippen LogP contribution in [0.2, 0.25) is 0 Å². The molecule has 34 heavy (non-hydrogen) atoms. The number of amides is 3. The molecule has 180 valence electrons. The number of unbranched alkanes of at least 4 members (excludes halogenated alkanes) is 1. The van der Waals surface area contributed by atoms with Crippen LogP contribution in [0.4, 0.5) is 10.5 Å². The monoisotopic (exact) mass is 484 g/mol. The number of hydrogen-bond acceptors (Lipinski definition) is 5. The molecule has 0 bridgehead atoms. The minimum atomic E-state index is -3.77. The fraction of sp³-hybridized carbons (Fsp3) is 0.261. The van der Waals surface area contributed by atoms with Crippen molar-refractivity contribution in [3.63, 3.8) is 0 Å². The molecule has 6 N–H and O–H groups in total. The van der Waals surface area contributed by atoms with Gasteiger partial charge in [-0.1, -0.05) is 48.5 Å². The smallest absolute Gasteiger partial charge is 0.315 e. The Morgan fingerprint density at radius 1 is 0.971 bits per heavy atom. The number of aromatic nitrogens is 1. The van der Waals surface area contributed by atoms with E-state index in [0.29, 0.717) is 37.0 Å². The predicted molar refractivity (Wildman–Crippen MR) is 131 cm³/mol. The third-order valence-electron chi connectivity index (χ3n) is 5.03. The molecule has 2 aromatic carbocycles. The molecular weight excluding hydrogens is 456 g/mol. The summed E-state index contributed by atoms with van der Waals surface area (Å²) in [7, 11) is -3.77. The van der Waals surface area contributed by atoms with Gasteiger partial charge in [-0.25, -0.2) is 14.7 Å². The summed E-state index contributed by atoms with van der Waals surface area (Å²) in [5.74, 6) is -0.396. The maximum Gasteiger partial charge on any atom is 0.315 e. The number of rotatable bonds is 11. The molecule has 10 nitrogen and oxygen atoms in total. The molecule has 1 aromatic heterocycles. The molecule has 3 aromatic rings. The van der Waals surface area contributed by atoms with Crippen LogP contribution < -0.4 is 25.8 Å². The number of para-hydroxylation sites is 1. The molecule has 3 amide bonds. The normalized spacial score (nSPS) is 12.1. The molecule has 11 heteroatoms. The van der Waals surface area contributed by atoms with E-state index < -0.39 is 28.2 Å². The van der Waals surface area contributed by atoms with Gasteiger partial charge in [0, 0.05) is 24.7 Å². The second-order valence-electron chi connectivity index (χ2n) is 7.67. The summed E-state index contributed by atoms with van der Waals surface area (Å²) >= 11 is 0. The van der Waals surface area contributed by atoms with Crippen molar-refractivity contribution in [2.75, 3.05) is 11.9 Å².